The van der Waals surface area contributed by atoms with E-state index in [1.165, 1.54) is 21.9 Å². The predicted molar refractivity (Wildman–Crippen MR) is 218 cm³/mol. The first-order valence-corrected chi connectivity index (χ1v) is 17.6. The van der Waals surface area contributed by atoms with Gasteiger partial charge in [0.1, 0.15) is 5.52 Å². The third kappa shape index (κ3) is 5.10. The van der Waals surface area contributed by atoms with Crippen LogP contribution in [0.3, 0.4) is 0 Å². The lowest BCUT2D eigenvalue weighted by Gasteiger charge is -2.30. The summed E-state index contributed by atoms with van der Waals surface area (Å²) >= 11 is 0. The summed E-state index contributed by atoms with van der Waals surface area (Å²) in [5.74, 6) is 0.624. The molecule has 0 saturated heterocycles. The molecule has 3 nitrogen and oxygen atoms in total. The van der Waals surface area contributed by atoms with Crippen LogP contribution in [0.4, 0.5) is 17.1 Å². The second-order valence-electron chi connectivity index (χ2n) is 13.2. The Hall–Kier alpha value is -6.97. The summed E-state index contributed by atoms with van der Waals surface area (Å²) in [5.41, 5.74) is 10.5. The van der Waals surface area contributed by atoms with Crippen molar-refractivity contribution in [3.05, 3.63) is 194 Å². The van der Waals surface area contributed by atoms with Gasteiger partial charge < -0.3 is 9.32 Å². The minimum Gasteiger partial charge on any atom is -0.436 e. The van der Waals surface area contributed by atoms with Crippen molar-refractivity contribution in [3.8, 4) is 33.7 Å². The summed E-state index contributed by atoms with van der Waals surface area (Å²) in [7, 11) is 0. The molecule has 0 atom stereocenters. The fourth-order valence-corrected chi connectivity index (χ4v) is 7.57. The van der Waals surface area contributed by atoms with Crippen LogP contribution in [-0.4, -0.2) is 4.98 Å². The Morgan fingerprint density at radius 1 is 0.404 bits per heavy atom. The molecular formula is C49H32N2O. The minimum atomic E-state index is 0.624. The smallest absolute Gasteiger partial charge is 0.227 e. The first-order valence-electron chi connectivity index (χ1n) is 17.6. The molecule has 0 aliphatic carbocycles. The molecule has 0 N–H and O–H groups in total. The van der Waals surface area contributed by atoms with Gasteiger partial charge in [-0.3, -0.25) is 0 Å². The molecule has 9 aromatic carbocycles. The SMILES string of the molecule is c1ccc(-c2cc(N(c3ccc4ccc5ccc6oc(-c7ccccc7)nc6c5c4c3)c3ccccc3-c3ccccc3)c3ccccc3c2)cc1. The monoisotopic (exact) mass is 664 g/mol. The molecule has 0 radical (unpaired) electrons. The van der Waals surface area contributed by atoms with Gasteiger partial charge in [-0.1, -0.05) is 146 Å². The van der Waals surface area contributed by atoms with Gasteiger partial charge in [-0.15, -0.1) is 0 Å². The van der Waals surface area contributed by atoms with Crippen LogP contribution in [-0.2, 0) is 0 Å². The second kappa shape index (κ2) is 12.4. The molecule has 52 heavy (non-hydrogen) atoms. The maximum absolute atomic E-state index is 6.37. The van der Waals surface area contributed by atoms with Crippen LogP contribution in [0.5, 0.6) is 0 Å². The van der Waals surface area contributed by atoms with Gasteiger partial charge in [-0.2, -0.15) is 0 Å². The number of rotatable bonds is 6. The molecule has 0 amide bonds. The summed E-state index contributed by atoms with van der Waals surface area (Å²) in [6.07, 6.45) is 0. The number of hydrogen-bond donors (Lipinski definition) is 0. The number of hydrogen-bond acceptors (Lipinski definition) is 3. The van der Waals surface area contributed by atoms with Crippen molar-refractivity contribution in [3.63, 3.8) is 0 Å². The molecule has 10 aromatic rings. The fourth-order valence-electron chi connectivity index (χ4n) is 7.57. The molecule has 0 aliphatic rings. The summed E-state index contributed by atoms with van der Waals surface area (Å²) in [4.78, 5) is 7.55. The molecule has 1 aromatic heterocycles. The molecule has 3 heteroatoms. The normalized spacial score (nSPS) is 11.5. The highest BCUT2D eigenvalue weighted by molar-refractivity contribution is 6.19. The molecule has 0 unspecified atom stereocenters. The zero-order valence-electron chi connectivity index (χ0n) is 28.3. The molecule has 1 heterocycles. The van der Waals surface area contributed by atoms with Gasteiger partial charge in [0.25, 0.3) is 0 Å². The number of para-hydroxylation sites is 1. The minimum absolute atomic E-state index is 0.624. The lowest BCUT2D eigenvalue weighted by atomic mass is 9.96. The van der Waals surface area contributed by atoms with Gasteiger partial charge >= 0.3 is 0 Å². The molecule has 244 valence electrons. The van der Waals surface area contributed by atoms with Crippen molar-refractivity contribution in [2.75, 3.05) is 4.90 Å². The van der Waals surface area contributed by atoms with Gasteiger partial charge in [0.15, 0.2) is 5.58 Å². The molecule has 0 bridgehead atoms. The van der Waals surface area contributed by atoms with Crippen LogP contribution < -0.4 is 4.90 Å². The third-order valence-electron chi connectivity index (χ3n) is 10.0. The molecular weight excluding hydrogens is 633 g/mol. The van der Waals surface area contributed by atoms with Crippen LogP contribution in [0.2, 0.25) is 0 Å². The van der Waals surface area contributed by atoms with Crippen molar-refractivity contribution in [2.45, 2.75) is 0 Å². The molecule has 10 rings (SSSR count). The first-order chi connectivity index (χ1) is 25.8. The van der Waals surface area contributed by atoms with E-state index in [0.29, 0.717) is 5.89 Å². The number of benzene rings is 9. The maximum atomic E-state index is 6.37. The van der Waals surface area contributed by atoms with Crippen LogP contribution in [0.25, 0.3) is 77.1 Å². The van der Waals surface area contributed by atoms with E-state index in [1.807, 2.05) is 36.4 Å². The average molecular weight is 665 g/mol. The lowest BCUT2D eigenvalue weighted by molar-refractivity contribution is 0.620. The molecule has 0 saturated carbocycles. The Bertz CT molecular complexity index is 2900. The zero-order chi connectivity index (χ0) is 34.4. The van der Waals surface area contributed by atoms with Crippen molar-refractivity contribution in [1.29, 1.82) is 0 Å². The topological polar surface area (TPSA) is 29.3 Å². The Balaban J connectivity index is 1.28. The third-order valence-corrected chi connectivity index (χ3v) is 10.0. The van der Waals surface area contributed by atoms with Gasteiger partial charge in [-0.25, -0.2) is 4.98 Å². The van der Waals surface area contributed by atoms with E-state index < -0.39 is 0 Å². The molecule has 0 spiro atoms. The van der Waals surface area contributed by atoms with Crippen LogP contribution in [0.15, 0.2) is 199 Å². The van der Waals surface area contributed by atoms with E-state index in [1.54, 1.807) is 0 Å². The molecule has 0 fully saturated rings. The second-order valence-corrected chi connectivity index (χ2v) is 13.2. The van der Waals surface area contributed by atoms with E-state index in [-0.39, 0.29) is 0 Å². The Labute approximate surface area is 301 Å². The zero-order valence-corrected chi connectivity index (χ0v) is 28.3. The van der Waals surface area contributed by atoms with Crippen LogP contribution in [0, 0.1) is 0 Å². The number of aromatic nitrogens is 1. The lowest BCUT2D eigenvalue weighted by Crippen LogP contribution is -2.12. The van der Waals surface area contributed by atoms with Crippen molar-refractivity contribution in [1.82, 2.24) is 4.98 Å². The Kier molecular flexibility index (Phi) is 7.14. The van der Waals surface area contributed by atoms with E-state index in [2.05, 4.69) is 163 Å². The fraction of sp³-hybridized carbons (Fsp3) is 0. The van der Waals surface area contributed by atoms with Crippen LogP contribution >= 0.6 is 0 Å². The predicted octanol–water partition coefficient (Wildman–Crippen LogP) is 13.8. The maximum Gasteiger partial charge on any atom is 0.227 e. The quantitative estimate of drug-likeness (QED) is 0.166. The number of nitrogens with zero attached hydrogens (tertiary/aromatic N) is 2. The summed E-state index contributed by atoms with van der Waals surface area (Å²) in [6, 6.07) is 68.9. The highest BCUT2D eigenvalue weighted by Crippen LogP contribution is 2.46. The largest absolute Gasteiger partial charge is 0.436 e. The van der Waals surface area contributed by atoms with E-state index in [4.69, 9.17) is 9.40 Å². The summed E-state index contributed by atoms with van der Waals surface area (Å²) in [5, 5.41) is 6.84. The Morgan fingerprint density at radius 2 is 1.04 bits per heavy atom. The summed E-state index contributed by atoms with van der Waals surface area (Å²) < 4.78 is 6.37. The van der Waals surface area contributed by atoms with Gasteiger partial charge in [-0.05, 0) is 86.8 Å². The average Bonchev–Trinajstić information content (AvgIpc) is 3.67. The first kappa shape index (κ1) is 29.9. The van der Waals surface area contributed by atoms with E-state index in [9.17, 15) is 0 Å². The van der Waals surface area contributed by atoms with Gasteiger partial charge in [0.05, 0.1) is 11.4 Å². The van der Waals surface area contributed by atoms with Crippen LogP contribution in [0.1, 0.15) is 0 Å². The number of oxazole rings is 1. The highest BCUT2D eigenvalue weighted by atomic mass is 16.3. The van der Waals surface area contributed by atoms with Gasteiger partial charge in [0, 0.05) is 27.6 Å². The van der Waals surface area contributed by atoms with E-state index >= 15 is 0 Å². The highest BCUT2D eigenvalue weighted by Gasteiger charge is 2.22. The Morgan fingerprint density at radius 3 is 1.85 bits per heavy atom. The van der Waals surface area contributed by atoms with E-state index in [0.717, 1.165) is 66.4 Å². The molecule has 0 aliphatic heterocycles. The van der Waals surface area contributed by atoms with Crippen molar-refractivity contribution in [2.24, 2.45) is 0 Å². The number of anilines is 3. The van der Waals surface area contributed by atoms with Gasteiger partial charge in [0.2, 0.25) is 5.89 Å². The standard InChI is InChI=1S/C49H32N2O/c1-4-14-33(15-5-1)39-30-38-20-10-11-22-42(38)45(31-39)51(44-23-13-12-21-41(44)34-16-6-2-7-17-34)40-28-26-35-24-25-36-27-29-46-48(47(36)43(35)32-40)50-49(52-46)37-18-8-3-9-19-37/h1-32H. The summed E-state index contributed by atoms with van der Waals surface area (Å²) in [6.45, 7) is 0. The number of fused-ring (bicyclic) bond motifs is 6. The van der Waals surface area contributed by atoms with Crippen molar-refractivity contribution >= 4 is 60.5 Å². The van der Waals surface area contributed by atoms with Crippen molar-refractivity contribution < 1.29 is 4.42 Å².